The number of fused-ring (bicyclic) bond motifs is 1. The monoisotopic (exact) mass is 379 g/mol. The summed E-state index contributed by atoms with van der Waals surface area (Å²) in [6, 6.07) is 8.69. The Hall–Kier alpha value is -1.05. The van der Waals surface area contributed by atoms with Crippen molar-refractivity contribution in [1.29, 1.82) is 0 Å². The molecule has 2 aromatic rings. The van der Waals surface area contributed by atoms with E-state index in [1.165, 1.54) is 22.9 Å². The van der Waals surface area contributed by atoms with E-state index in [0.29, 0.717) is 5.75 Å². The van der Waals surface area contributed by atoms with Gasteiger partial charge in [0.15, 0.2) is 8.68 Å². The Kier molecular flexibility index (Phi) is 6.19. The lowest BCUT2D eigenvalue weighted by molar-refractivity contribution is -0.129. The van der Waals surface area contributed by atoms with Crippen molar-refractivity contribution >= 4 is 40.8 Å². The normalized spacial score (nSPS) is 16.7. The standard InChI is InChI=1S/C17H21N3OS3/c1-3-22-16-18-19-17(24-16)23-11-15(21)20(2)14-10-6-8-12-7-4-5-9-13(12)14/h4-5,7,9,14H,3,6,8,10-11H2,1-2H3/t14-/m1/s1. The van der Waals surface area contributed by atoms with E-state index in [1.54, 1.807) is 23.1 Å². The zero-order valence-electron chi connectivity index (χ0n) is 13.9. The number of aryl methyl sites for hydroxylation is 1. The van der Waals surface area contributed by atoms with Gasteiger partial charge in [-0.15, -0.1) is 10.2 Å². The predicted octanol–water partition coefficient (Wildman–Crippen LogP) is 4.28. The maximum Gasteiger partial charge on any atom is 0.233 e. The van der Waals surface area contributed by atoms with Gasteiger partial charge in [-0.05, 0) is 36.1 Å². The van der Waals surface area contributed by atoms with Gasteiger partial charge >= 0.3 is 0 Å². The highest BCUT2D eigenvalue weighted by Crippen LogP contribution is 2.34. The second kappa shape index (κ2) is 8.36. The number of hydrogen-bond donors (Lipinski definition) is 0. The Labute approximate surface area is 155 Å². The van der Waals surface area contributed by atoms with Crippen LogP contribution in [0.5, 0.6) is 0 Å². The minimum atomic E-state index is 0.154. The average Bonchev–Trinajstić information content (AvgIpc) is 3.06. The van der Waals surface area contributed by atoms with Crippen molar-refractivity contribution in [3.8, 4) is 0 Å². The van der Waals surface area contributed by atoms with Crippen LogP contribution in [0.3, 0.4) is 0 Å². The van der Waals surface area contributed by atoms with Gasteiger partial charge in [0.1, 0.15) is 0 Å². The Morgan fingerprint density at radius 2 is 2.04 bits per heavy atom. The molecule has 3 rings (SSSR count). The number of carbonyl (C=O) groups is 1. The molecule has 0 bridgehead atoms. The molecule has 1 aliphatic rings. The van der Waals surface area contributed by atoms with Crippen molar-refractivity contribution in [2.24, 2.45) is 0 Å². The van der Waals surface area contributed by atoms with E-state index in [9.17, 15) is 4.79 Å². The van der Waals surface area contributed by atoms with Gasteiger partial charge in [0.25, 0.3) is 0 Å². The zero-order valence-corrected chi connectivity index (χ0v) is 16.3. The maximum atomic E-state index is 12.6. The van der Waals surface area contributed by atoms with Gasteiger partial charge in [-0.25, -0.2) is 0 Å². The second-order valence-corrected chi connectivity index (χ2v) is 9.38. The van der Waals surface area contributed by atoms with Crippen molar-refractivity contribution < 1.29 is 4.79 Å². The molecule has 0 N–H and O–H groups in total. The smallest absolute Gasteiger partial charge is 0.233 e. The van der Waals surface area contributed by atoms with Crippen LogP contribution in [0.2, 0.25) is 0 Å². The number of carbonyl (C=O) groups excluding carboxylic acids is 1. The lowest BCUT2D eigenvalue weighted by Crippen LogP contribution is -2.34. The first-order valence-electron chi connectivity index (χ1n) is 8.11. The first-order valence-corrected chi connectivity index (χ1v) is 10.9. The lowest BCUT2D eigenvalue weighted by atomic mass is 9.87. The number of benzene rings is 1. The fraction of sp³-hybridized carbons (Fsp3) is 0.471. The second-order valence-electron chi connectivity index (χ2n) is 5.67. The topological polar surface area (TPSA) is 46.1 Å². The molecular weight excluding hydrogens is 358 g/mol. The summed E-state index contributed by atoms with van der Waals surface area (Å²) in [7, 11) is 1.92. The number of aromatic nitrogens is 2. The largest absolute Gasteiger partial charge is 0.338 e. The fourth-order valence-electron chi connectivity index (χ4n) is 2.97. The number of hydrogen-bond acceptors (Lipinski definition) is 6. The Morgan fingerprint density at radius 1 is 1.29 bits per heavy atom. The van der Waals surface area contributed by atoms with Gasteiger partial charge in [-0.3, -0.25) is 4.79 Å². The molecule has 7 heteroatoms. The van der Waals surface area contributed by atoms with E-state index in [2.05, 4.69) is 41.4 Å². The lowest BCUT2D eigenvalue weighted by Gasteiger charge is -2.33. The van der Waals surface area contributed by atoms with E-state index >= 15 is 0 Å². The van der Waals surface area contributed by atoms with Crippen LogP contribution in [0.4, 0.5) is 0 Å². The van der Waals surface area contributed by atoms with Crippen molar-refractivity contribution in [3.63, 3.8) is 0 Å². The summed E-state index contributed by atoms with van der Waals surface area (Å²) in [6.07, 6.45) is 3.30. The van der Waals surface area contributed by atoms with Crippen molar-refractivity contribution in [2.75, 3.05) is 18.6 Å². The molecule has 1 heterocycles. The predicted molar refractivity (Wildman–Crippen MR) is 102 cm³/mol. The van der Waals surface area contributed by atoms with Gasteiger partial charge < -0.3 is 4.90 Å². The van der Waals surface area contributed by atoms with Crippen LogP contribution in [0.1, 0.15) is 36.9 Å². The quantitative estimate of drug-likeness (QED) is 0.701. The van der Waals surface area contributed by atoms with Crippen molar-refractivity contribution in [2.45, 2.75) is 40.9 Å². The Morgan fingerprint density at radius 3 is 2.83 bits per heavy atom. The molecule has 0 saturated carbocycles. The molecule has 0 fully saturated rings. The molecule has 1 aliphatic carbocycles. The fourth-order valence-corrected chi connectivity index (χ4v) is 5.81. The minimum Gasteiger partial charge on any atom is -0.338 e. The summed E-state index contributed by atoms with van der Waals surface area (Å²) in [6.45, 7) is 2.10. The number of thioether (sulfide) groups is 2. The molecule has 24 heavy (non-hydrogen) atoms. The zero-order chi connectivity index (χ0) is 16.9. The van der Waals surface area contributed by atoms with Gasteiger partial charge in [0, 0.05) is 7.05 Å². The highest BCUT2D eigenvalue weighted by molar-refractivity contribution is 8.03. The Balaban J connectivity index is 1.61. The van der Waals surface area contributed by atoms with Gasteiger partial charge in [0.05, 0.1) is 11.8 Å². The van der Waals surface area contributed by atoms with Crippen LogP contribution < -0.4 is 0 Å². The number of amides is 1. The molecule has 1 aromatic heterocycles. The summed E-state index contributed by atoms with van der Waals surface area (Å²) in [4.78, 5) is 14.5. The van der Waals surface area contributed by atoms with Crippen LogP contribution in [-0.4, -0.2) is 39.6 Å². The third kappa shape index (κ3) is 4.13. The molecule has 1 aromatic carbocycles. The summed E-state index contributed by atoms with van der Waals surface area (Å²) in [5, 5.41) is 8.29. The molecule has 0 radical (unpaired) electrons. The summed E-state index contributed by atoms with van der Waals surface area (Å²) in [5.74, 6) is 1.56. The number of rotatable bonds is 6. The van der Waals surface area contributed by atoms with E-state index in [-0.39, 0.29) is 11.9 Å². The third-order valence-corrected chi connectivity index (χ3v) is 7.23. The van der Waals surface area contributed by atoms with Crippen molar-refractivity contribution in [3.05, 3.63) is 35.4 Å². The van der Waals surface area contributed by atoms with Crippen LogP contribution in [0.15, 0.2) is 32.9 Å². The van der Waals surface area contributed by atoms with E-state index in [4.69, 9.17) is 0 Å². The molecule has 0 unspecified atom stereocenters. The molecule has 128 valence electrons. The van der Waals surface area contributed by atoms with Crippen molar-refractivity contribution in [1.82, 2.24) is 15.1 Å². The Bertz CT molecular complexity index is 704. The summed E-state index contributed by atoms with van der Waals surface area (Å²) < 4.78 is 1.85. The van der Waals surface area contributed by atoms with E-state index < -0.39 is 0 Å². The first-order chi connectivity index (χ1) is 11.7. The molecule has 1 amide bonds. The van der Waals surface area contributed by atoms with E-state index in [0.717, 1.165) is 33.7 Å². The molecule has 1 atom stereocenters. The SMILES string of the molecule is CCSc1nnc(SCC(=O)N(C)[C@@H]2CCCc3ccccc32)s1. The van der Waals surface area contributed by atoms with Crippen LogP contribution >= 0.6 is 34.9 Å². The highest BCUT2D eigenvalue weighted by atomic mass is 32.2. The summed E-state index contributed by atoms with van der Waals surface area (Å²) >= 11 is 4.75. The van der Waals surface area contributed by atoms with Gasteiger partial charge in [0.2, 0.25) is 5.91 Å². The average molecular weight is 380 g/mol. The molecule has 4 nitrogen and oxygen atoms in total. The molecule has 0 aliphatic heterocycles. The highest BCUT2D eigenvalue weighted by Gasteiger charge is 2.26. The minimum absolute atomic E-state index is 0.154. The third-order valence-electron chi connectivity index (χ3n) is 4.17. The van der Waals surface area contributed by atoms with Crippen LogP contribution in [-0.2, 0) is 11.2 Å². The van der Waals surface area contributed by atoms with Gasteiger partial charge in [-0.2, -0.15) is 0 Å². The van der Waals surface area contributed by atoms with Crippen LogP contribution in [0.25, 0.3) is 0 Å². The number of nitrogens with zero attached hydrogens (tertiary/aromatic N) is 3. The summed E-state index contributed by atoms with van der Waals surface area (Å²) in [5.41, 5.74) is 2.69. The maximum absolute atomic E-state index is 12.6. The first kappa shape index (κ1) is 17.8. The molecular formula is C17H21N3OS3. The molecule has 0 spiro atoms. The van der Waals surface area contributed by atoms with E-state index in [1.807, 2.05) is 11.9 Å². The molecule has 0 saturated heterocycles. The van der Waals surface area contributed by atoms with Crippen LogP contribution in [0, 0.1) is 0 Å². The van der Waals surface area contributed by atoms with Gasteiger partial charge in [-0.1, -0.05) is 66.0 Å².